The minimum absolute atomic E-state index is 0.0117. The Hall–Kier alpha value is -0.650. The molecule has 1 aromatic rings. The molecule has 98 valence electrons. The maximum absolute atomic E-state index is 13.8. The number of amides is 1. The van der Waals surface area contributed by atoms with Gasteiger partial charge >= 0.3 is 0 Å². The summed E-state index contributed by atoms with van der Waals surface area (Å²) in [4.78, 5) is 13.8. The molecule has 0 aromatic heterocycles. The largest absolute Gasteiger partial charge is 0.337 e. The van der Waals surface area contributed by atoms with Crippen LogP contribution in [0.1, 0.15) is 16.8 Å². The molecule has 1 N–H and O–H groups in total. The van der Waals surface area contributed by atoms with Crippen molar-refractivity contribution in [2.24, 2.45) is 0 Å². The van der Waals surface area contributed by atoms with E-state index in [1.165, 1.54) is 12.1 Å². The molecule has 2 rings (SSSR count). The quantitative estimate of drug-likeness (QED) is 0.843. The van der Waals surface area contributed by atoms with Crippen LogP contribution in [0.15, 0.2) is 16.6 Å². The number of benzene rings is 1. The molecule has 0 aliphatic carbocycles. The highest BCUT2D eigenvalue weighted by Crippen LogP contribution is 2.26. The first kappa shape index (κ1) is 13.8. The molecule has 0 spiro atoms. The van der Waals surface area contributed by atoms with Crippen molar-refractivity contribution in [3.05, 3.63) is 33.0 Å². The fourth-order valence-corrected chi connectivity index (χ4v) is 2.49. The fraction of sp³-hybridized carbons (Fsp3) is 0.417. The second-order valence-electron chi connectivity index (χ2n) is 4.31. The van der Waals surface area contributed by atoms with Gasteiger partial charge in [-0.2, -0.15) is 0 Å². The zero-order valence-corrected chi connectivity index (χ0v) is 12.2. The van der Waals surface area contributed by atoms with Gasteiger partial charge in [-0.05, 0) is 41.0 Å². The number of hydrogen-bond acceptors (Lipinski definition) is 2. The first-order valence-corrected chi connectivity index (χ1v) is 6.80. The van der Waals surface area contributed by atoms with Crippen LogP contribution in [0.5, 0.6) is 0 Å². The number of halogens is 3. The van der Waals surface area contributed by atoms with Crippen LogP contribution in [0.2, 0.25) is 5.02 Å². The van der Waals surface area contributed by atoms with Crippen LogP contribution in [0.25, 0.3) is 0 Å². The molecule has 1 aliphatic heterocycles. The average molecular weight is 336 g/mol. The molecule has 1 heterocycles. The molecule has 1 amide bonds. The van der Waals surface area contributed by atoms with Crippen LogP contribution in [-0.4, -0.2) is 37.0 Å². The van der Waals surface area contributed by atoms with Gasteiger partial charge in [0, 0.05) is 24.1 Å². The summed E-state index contributed by atoms with van der Waals surface area (Å²) in [6.07, 6.45) is 0.883. The van der Waals surface area contributed by atoms with Gasteiger partial charge in [-0.3, -0.25) is 4.79 Å². The van der Waals surface area contributed by atoms with E-state index in [1.54, 1.807) is 11.9 Å². The topological polar surface area (TPSA) is 32.3 Å². The lowest BCUT2D eigenvalue weighted by molar-refractivity contribution is 0.0739. The van der Waals surface area contributed by atoms with Crippen molar-refractivity contribution >= 4 is 33.4 Å². The number of nitrogens with one attached hydrogen (secondary N) is 1. The minimum Gasteiger partial charge on any atom is -0.337 e. The third kappa shape index (κ3) is 2.68. The first-order valence-electron chi connectivity index (χ1n) is 5.63. The molecule has 0 bridgehead atoms. The lowest BCUT2D eigenvalue weighted by Crippen LogP contribution is -2.38. The zero-order valence-electron chi connectivity index (χ0n) is 9.84. The molecule has 1 atom stereocenters. The highest BCUT2D eigenvalue weighted by Gasteiger charge is 2.26. The molecular formula is C12H13BrClFN2O. The van der Waals surface area contributed by atoms with Crippen LogP contribution < -0.4 is 5.32 Å². The van der Waals surface area contributed by atoms with E-state index >= 15 is 0 Å². The van der Waals surface area contributed by atoms with Gasteiger partial charge in [-0.1, -0.05) is 11.6 Å². The third-order valence-corrected chi connectivity index (χ3v) is 4.34. The van der Waals surface area contributed by atoms with Crippen LogP contribution in [0.3, 0.4) is 0 Å². The SMILES string of the molecule is CN(C(=O)c1cc(Cl)c(Br)cc1F)C1CCNC1. The summed E-state index contributed by atoms with van der Waals surface area (Å²) in [6, 6.07) is 2.69. The number of carbonyl (C=O) groups excluding carboxylic acids is 1. The fourth-order valence-electron chi connectivity index (χ4n) is 2.01. The van der Waals surface area contributed by atoms with Gasteiger partial charge in [0.25, 0.3) is 5.91 Å². The Kier molecular flexibility index (Phi) is 4.25. The van der Waals surface area contributed by atoms with Gasteiger partial charge < -0.3 is 10.2 Å². The van der Waals surface area contributed by atoms with Crippen LogP contribution in [-0.2, 0) is 0 Å². The van der Waals surface area contributed by atoms with E-state index in [2.05, 4.69) is 21.2 Å². The van der Waals surface area contributed by atoms with Crippen molar-refractivity contribution < 1.29 is 9.18 Å². The van der Waals surface area contributed by atoms with Crippen molar-refractivity contribution in [1.29, 1.82) is 0 Å². The zero-order chi connectivity index (χ0) is 13.3. The van der Waals surface area contributed by atoms with Crippen LogP contribution in [0, 0.1) is 5.82 Å². The predicted octanol–water partition coefficient (Wildman–Crippen LogP) is 2.68. The van der Waals surface area contributed by atoms with Gasteiger partial charge in [0.05, 0.1) is 10.6 Å². The van der Waals surface area contributed by atoms with Crippen LogP contribution in [0.4, 0.5) is 4.39 Å². The predicted molar refractivity (Wildman–Crippen MR) is 72.5 cm³/mol. The Balaban J connectivity index is 2.25. The summed E-state index contributed by atoms with van der Waals surface area (Å²) in [6.45, 7) is 1.62. The molecule has 6 heteroatoms. The molecule has 1 saturated heterocycles. The molecule has 18 heavy (non-hydrogen) atoms. The van der Waals surface area contributed by atoms with E-state index in [-0.39, 0.29) is 17.5 Å². The average Bonchev–Trinajstić information content (AvgIpc) is 2.85. The maximum atomic E-state index is 13.8. The van der Waals surface area contributed by atoms with Gasteiger partial charge in [-0.15, -0.1) is 0 Å². The Morgan fingerprint density at radius 3 is 2.94 bits per heavy atom. The van der Waals surface area contributed by atoms with Crippen molar-refractivity contribution in [2.75, 3.05) is 20.1 Å². The van der Waals surface area contributed by atoms with Crippen molar-refractivity contribution in [3.63, 3.8) is 0 Å². The molecule has 3 nitrogen and oxygen atoms in total. The number of likely N-dealkylation sites (N-methyl/N-ethyl adjacent to an activating group) is 1. The van der Waals surface area contributed by atoms with E-state index in [1.807, 2.05) is 0 Å². The number of nitrogens with zero attached hydrogens (tertiary/aromatic N) is 1. The van der Waals surface area contributed by atoms with Crippen molar-refractivity contribution in [3.8, 4) is 0 Å². The molecule has 1 unspecified atom stereocenters. The van der Waals surface area contributed by atoms with E-state index in [0.29, 0.717) is 9.50 Å². The van der Waals surface area contributed by atoms with Gasteiger partial charge in [0.1, 0.15) is 5.82 Å². The highest BCUT2D eigenvalue weighted by atomic mass is 79.9. The summed E-state index contributed by atoms with van der Waals surface area (Å²) in [5.41, 5.74) is 0.0117. The first-order chi connectivity index (χ1) is 8.50. The highest BCUT2D eigenvalue weighted by molar-refractivity contribution is 9.10. The summed E-state index contributed by atoms with van der Waals surface area (Å²) < 4.78 is 14.2. The molecule has 0 radical (unpaired) electrons. The van der Waals surface area contributed by atoms with Gasteiger partial charge in [-0.25, -0.2) is 4.39 Å². The molecule has 0 saturated carbocycles. The summed E-state index contributed by atoms with van der Waals surface area (Å²) >= 11 is 9.02. The monoisotopic (exact) mass is 334 g/mol. The second-order valence-corrected chi connectivity index (χ2v) is 5.57. The Labute approximate surface area is 118 Å². The second kappa shape index (κ2) is 5.55. The van der Waals surface area contributed by atoms with Crippen molar-refractivity contribution in [2.45, 2.75) is 12.5 Å². The normalized spacial score (nSPS) is 19.0. The van der Waals surface area contributed by atoms with Gasteiger partial charge in [0.2, 0.25) is 0 Å². The number of hydrogen-bond donors (Lipinski definition) is 1. The van der Waals surface area contributed by atoms with Gasteiger partial charge in [0.15, 0.2) is 0 Å². The summed E-state index contributed by atoms with van der Waals surface area (Å²) in [5, 5.41) is 3.50. The standard InChI is InChI=1S/C12H13BrClFN2O/c1-17(7-2-3-16-6-7)12(18)8-4-10(14)9(13)5-11(8)15/h4-5,7,16H,2-3,6H2,1H3. The van der Waals surface area contributed by atoms with Crippen molar-refractivity contribution in [1.82, 2.24) is 10.2 Å². The van der Waals surface area contributed by atoms with E-state index in [9.17, 15) is 9.18 Å². The Bertz CT molecular complexity index is 477. The summed E-state index contributed by atoms with van der Waals surface area (Å²) in [7, 11) is 1.69. The van der Waals surface area contributed by atoms with E-state index in [0.717, 1.165) is 19.5 Å². The smallest absolute Gasteiger partial charge is 0.256 e. The molecule has 1 aromatic carbocycles. The number of carbonyl (C=O) groups is 1. The lowest BCUT2D eigenvalue weighted by Gasteiger charge is -2.24. The molecular weight excluding hydrogens is 323 g/mol. The minimum atomic E-state index is -0.561. The summed E-state index contributed by atoms with van der Waals surface area (Å²) in [5.74, 6) is -0.898. The van der Waals surface area contributed by atoms with Crippen LogP contribution >= 0.6 is 27.5 Å². The maximum Gasteiger partial charge on any atom is 0.256 e. The molecule has 1 fully saturated rings. The van der Waals surface area contributed by atoms with E-state index < -0.39 is 5.82 Å². The lowest BCUT2D eigenvalue weighted by atomic mass is 10.1. The molecule has 1 aliphatic rings. The Morgan fingerprint density at radius 1 is 1.61 bits per heavy atom. The Morgan fingerprint density at radius 2 is 2.33 bits per heavy atom. The number of rotatable bonds is 2. The third-order valence-electron chi connectivity index (χ3n) is 3.14. The van der Waals surface area contributed by atoms with E-state index in [4.69, 9.17) is 11.6 Å².